The van der Waals surface area contributed by atoms with Crippen LogP contribution in [0.15, 0.2) is 0 Å². The number of nitrogens with zero attached hydrogens (tertiary/aromatic N) is 1. The fourth-order valence-corrected chi connectivity index (χ4v) is 2.28. The standard InChI is InChI=1S/C9H22N2OS/c1-4-8(10)9(7-12)13-6-5-11(2)3/h8-9,12H,4-7,10H2,1-3H3. The molecular weight excluding hydrogens is 184 g/mol. The van der Waals surface area contributed by atoms with Crippen molar-refractivity contribution in [1.29, 1.82) is 0 Å². The monoisotopic (exact) mass is 206 g/mol. The second-order valence-corrected chi connectivity index (χ2v) is 4.81. The Balaban J connectivity index is 3.59. The SMILES string of the molecule is CCC(N)C(CO)SCCN(C)C. The zero-order valence-electron chi connectivity index (χ0n) is 8.86. The van der Waals surface area contributed by atoms with Gasteiger partial charge in [0.05, 0.1) is 6.61 Å². The molecule has 0 fully saturated rings. The number of rotatable bonds is 7. The van der Waals surface area contributed by atoms with Gasteiger partial charge in [0, 0.05) is 23.6 Å². The Bertz CT molecular complexity index is 122. The van der Waals surface area contributed by atoms with Crippen molar-refractivity contribution in [3.05, 3.63) is 0 Å². The van der Waals surface area contributed by atoms with E-state index in [4.69, 9.17) is 10.8 Å². The number of hydrogen-bond acceptors (Lipinski definition) is 4. The maximum Gasteiger partial charge on any atom is 0.0565 e. The summed E-state index contributed by atoms with van der Waals surface area (Å²) in [6, 6.07) is 0.122. The maximum atomic E-state index is 9.08. The van der Waals surface area contributed by atoms with Crippen LogP contribution in [0.2, 0.25) is 0 Å². The third-order valence-electron chi connectivity index (χ3n) is 2.00. The lowest BCUT2D eigenvalue weighted by Crippen LogP contribution is -2.35. The summed E-state index contributed by atoms with van der Waals surface area (Å²) >= 11 is 1.77. The van der Waals surface area contributed by atoms with Crippen molar-refractivity contribution < 1.29 is 5.11 Å². The molecule has 0 bridgehead atoms. The Morgan fingerprint density at radius 2 is 2.08 bits per heavy atom. The minimum Gasteiger partial charge on any atom is -0.395 e. The molecule has 2 unspecified atom stereocenters. The molecule has 0 saturated heterocycles. The third-order valence-corrected chi connectivity index (χ3v) is 3.34. The Hall–Kier alpha value is 0.230. The molecule has 2 atom stereocenters. The minimum atomic E-state index is 0.122. The predicted octanol–water partition coefficient (Wildman–Crippen LogP) is 0.379. The summed E-state index contributed by atoms with van der Waals surface area (Å²) in [5.41, 5.74) is 5.85. The average molecular weight is 206 g/mol. The lowest BCUT2D eigenvalue weighted by molar-refractivity contribution is 0.281. The minimum absolute atomic E-state index is 0.122. The van der Waals surface area contributed by atoms with Crippen LogP contribution in [-0.2, 0) is 0 Å². The van der Waals surface area contributed by atoms with Crippen molar-refractivity contribution in [2.45, 2.75) is 24.6 Å². The van der Waals surface area contributed by atoms with Gasteiger partial charge in [-0.3, -0.25) is 0 Å². The molecule has 0 saturated carbocycles. The molecule has 4 heteroatoms. The summed E-state index contributed by atoms with van der Waals surface area (Å²) in [6.45, 7) is 3.28. The highest BCUT2D eigenvalue weighted by Gasteiger charge is 2.15. The number of nitrogens with two attached hydrogens (primary N) is 1. The Kier molecular flexibility index (Phi) is 7.75. The van der Waals surface area contributed by atoms with E-state index in [1.54, 1.807) is 11.8 Å². The smallest absolute Gasteiger partial charge is 0.0565 e. The summed E-state index contributed by atoms with van der Waals surface area (Å²) in [7, 11) is 4.10. The van der Waals surface area contributed by atoms with E-state index >= 15 is 0 Å². The molecule has 0 aromatic heterocycles. The average Bonchev–Trinajstić information content (AvgIpc) is 2.11. The molecule has 0 radical (unpaired) electrons. The number of hydrogen-bond donors (Lipinski definition) is 2. The van der Waals surface area contributed by atoms with Gasteiger partial charge < -0.3 is 15.7 Å². The van der Waals surface area contributed by atoms with Gasteiger partial charge in [-0.15, -0.1) is 0 Å². The molecule has 0 amide bonds. The molecule has 0 aromatic carbocycles. The van der Waals surface area contributed by atoms with Crippen molar-refractivity contribution >= 4 is 11.8 Å². The van der Waals surface area contributed by atoms with E-state index in [9.17, 15) is 0 Å². The first-order chi connectivity index (χ1) is 6.11. The van der Waals surface area contributed by atoms with Gasteiger partial charge in [0.15, 0.2) is 0 Å². The molecule has 0 aliphatic carbocycles. The quantitative estimate of drug-likeness (QED) is 0.632. The van der Waals surface area contributed by atoms with Crippen LogP contribution in [0.3, 0.4) is 0 Å². The first kappa shape index (κ1) is 13.2. The van der Waals surface area contributed by atoms with Crippen LogP contribution in [0.5, 0.6) is 0 Å². The molecule has 3 nitrogen and oxygen atoms in total. The second-order valence-electron chi connectivity index (χ2n) is 3.47. The maximum absolute atomic E-state index is 9.08. The zero-order valence-corrected chi connectivity index (χ0v) is 9.68. The van der Waals surface area contributed by atoms with E-state index in [-0.39, 0.29) is 17.9 Å². The summed E-state index contributed by atoms with van der Waals surface area (Å²) in [6.07, 6.45) is 0.931. The van der Waals surface area contributed by atoms with Crippen LogP contribution >= 0.6 is 11.8 Å². The first-order valence-electron chi connectivity index (χ1n) is 4.74. The molecule has 0 spiro atoms. The van der Waals surface area contributed by atoms with Crippen molar-refractivity contribution in [2.24, 2.45) is 5.73 Å². The highest BCUT2D eigenvalue weighted by atomic mass is 32.2. The second kappa shape index (κ2) is 7.62. The van der Waals surface area contributed by atoms with Gasteiger partial charge in [-0.05, 0) is 20.5 Å². The van der Waals surface area contributed by atoms with Crippen molar-refractivity contribution in [2.75, 3.05) is 33.0 Å². The number of aliphatic hydroxyl groups is 1. The van der Waals surface area contributed by atoms with E-state index in [2.05, 4.69) is 11.8 Å². The summed E-state index contributed by atoms with van der Waals surface area (Å²) < 4.78 is 0. The van der Waals surface area contributed by atoms with Crippen LogP contribution in [0.1, 0.15) is 13.3 Å². The van der Waals surface area contributed by atoms with Crippen molar-refractivity contribution in [1.82, 2.24) is 4.90 Å². The molecule has 0 rings (SSSR count). The van der Waals surface area contributed by atoms with Gasteiger partial charge in [0.2, 0.25) is 0 Å². The lowest BCUT2D eigenvalue weighted by Gasteiger charge is -2.20. The molecule has 3 N–H and O–H groups in total. The highest BCUT2D eigenvalue weighted by Crippen LogP contribution is 2.14. The Labute approximate surface area is 85.7 Å². The van der Waals surface area contributed by atoms with Crippen LogP contribution < -0.4 is 5.73 Å². The van der Waals surface area contributed by atoms with E-state index in [1.807, 2.05) is 14.1 Å². The molecule has 80 valence electrons. The molecular formula is C9H22N2OS. The molecule has 0 aliphatic heterocycles. The van der Waals surface area contributed by atoms with Crippen LogP contribution in [0.4, 0.5) is 0 Å². The van der Waals surface area contributed by atoms with Crippen LogP contribution in [-0.4, -0.2) is 54.3 Å². The van der Waals surface area contributed by atoms with Gasteiger partial charge in [-0.1, -0.05) is 6.92 Å². The Morgan fingerprint density at radius 1 is 1.46 bits per heavy atom. The van der Waals surface area contributed by atoms with Crippen molar-refractivity contribution in [3.63, 3.8) is 0 Å². The topological polar surface area (TPSA) is 49.5 Å². The third kappa shape index (κ3) is 6.32. The zero-order chi connectivity index (χ0) is 10.3. The normalized spacial score (nSPS) is 16.2. The van der Waals surface area contributed by atoms with Crippen LogP contribution in [0, 0.1) is 0 Å². The van der Waals surface area contributed by atoms with Gasteiger partial charge >= 0.3 is 0 Å². The highest BCUT2D eigenvalue weighted by molar-refractivity contribution is 8.00. The van der Waals surface area contributed by atoms with Gasteiger partial charge in [0.1, 0.15) is 0 Å². The van der Waals surface area contributed by atoms with Gasteiger partial charge in [-0.2, -0.15) is 11.8 Å². The van der Waals surface area contributed by atoms with Crippen molar-refractivity contribution in [3.8, 4) is 0 Å². The summed E-state index contributed by atoms with van der Waals surface area (Å²) in [4.78, 5) is 2.14. The van der Waals surface area contributed by atoms with E-state index in [0.29, 0.717) is 0 Å². The number of aliphatic hydroxyl groups excluding tert-OH is 1. The van der Waals surface area contributed by atoms with Gasteiger partial charge in [0.25, 0.3) is 0 Å². The Morgan fingerprint density at radius 3 is 2.46 bits per heavy atom. The molecule has 13 heavy (non-hydrogen) atoms. The van der Waals surface area contributed by atoms with E-state index in [1.165, 1.54) is 0 Å². The van der Waals surface area contributed by atoms with Gasteiger partial charge in [-0.25, -0.2) is 0 Å². The van der Waals surface area contributed by atoms with Crippen LogP contribution in [0.25, 0.3) is 0 Å². The molecule has 0 aliphatic rings. The van der Waals surface area contributed by atoms with E-state index < -0.39 is 0 Å². The predicted molar refractivity (Wildman–Crippen MR) is 60.2 cm³/mol. The summed E-state index contributed by atoms with van der Waals surface area (Å²) in [5, 5.41) is 9.28. The lowest BCUT2D eigenvalue weighted by atomic mass is 10.2. The fourth-order valence-electron chi connectivity index (χ4n) is 0.961. The first-order valence-corrected chi connectivity index (χ1v) is 5.79. The fraction of sp³-hybridized carbons (Fsp3) is 1.00. The molecule has 0 heterocycles. The summed E-state index contributed by atoms with van der Waals surface area (Å²) in [5.74, 6) is 1.03. The van der Waals surface area contributed by atoms with E-state index in [0.717, 1.165) is 18.7 Å². The molecule has 0 aromatic rings. The largest absolute Gasteiger partial charge is 0.395 e. The number of thioether (sulfide) groups is 1.